The maximum absolute atomic E-state index is 11.9. The summed E-state index contributed by atoms with van der Waals surface area (Å²) in [7, 11) is -4.42. The van der Waals surface area contributed by atoms with Crippen LogP contribution in [0.25, 0.3) is 0 Å². The Hall–Kier alpha value is -1.65. The first-order valence-corrected chi connectivity index (χ1v) is 7.11. The van der Waals surface area contributed by atoms with Crippen LogP contribution in [0.4, 0.5) is 13.2 Å². The van der Waals surface area contributed by atoms with Gasteiger partial charge in [0.1, 0.15) is 0 Å². The van der Waals surface area contributed by atoms with Gasteiger partial charge in [-0.2, -0.15) is 13.2 Å². The lowest BCUT2D eigenvalue weighted by Gasteiger charge is -2.12. The van der Waals surface area contributed by atoms with E-state index in [9.17, 15) is 26.4 Å². The zero-order chi connectivity index (χ0) is 16.3. The molecule has 0 aromatic heterocycles. The largest absolute Gasteiger partial charge is 0.478 e. The molecule has 1 aromatic rings. The van der Waals surface area contributed by atoms with Crippen molar-refractivity contribution in [1.29, 1.82) is 0 Å². The number of carboxylic acid groups (broad SMARTS) is 1. The Bertz CT molecular complexity index is 627. The number of sulfonamides is 1. The molecule has 118 valence electrons. The fraction of sp³-hybridized carbons (Fsp3) is 0.364. The maximum atomic E-state index is 11.9. The van der Waals surface area contributed by atoms with Crippen LogP contribution in [0.5, 0.6) is 0 Å². The van der Waals surface area contributed by atoms with E-state index in [1.54, 1.807) is 6.92 Å². The van der Waals surface area contributed by atoms with Crippen LogP contribution in [-0.4, -0.2) is 32.3 Å². The van der Waals surface area contributed by atoms with Gasteiger partial charge >= 0.3 is 12.1 Å². The minimum absolute atomic E-state index is 0.245. The molecule has 6 nitrogen and oxygen atoms in total. The molecule has 2 N–H and O–H groups in total. The fourth-order valence-electron chi connectivity index (χ4n) is 1.46. The summed E-state index contributed by atoms with van der Waals surface area (Å²) in [5.74, 6) is -1.36. The van der Waals surface area contributed by atoms with Gasteiger partial charge in [0.25, 0.3) is 10.0 Å². The summed E-state index contributed by atoms with van der Waals surface area (Å²) in [5.41, 5.74) is -0.0495. The summed E-state index contributed by atoms with van der Waals surface area (Å²) < 4.78 is 59.5. The Balaban J connectivity index is 3.06. The average Bonchev–Trinajstić information content (AvgIpc) is 2.36. The first kappa shape index (κ1) is 17.4. The van der Waals surface area contributed by atoms with Gasteiger partial charge < -0.3 is 5.11 Å². The molecule has 0 unspecified atom stereocenters. The predicted molar refractivity (Wildman–Crippen MR) is 65.1 cm³/mol. The van der Waals surface area contributed by atoms with Crippen LogP contribution in [-0.2, 0) is 21.3 Å². The SMILES string of the molecule is CCc1ccc(C(=O)O)cc1S(=O)(=O)NOCC(F)(F)F. The van der Waals surface area contributed by atoms with Gasteiger partial charge in [-0.05, 0) is 24.1 Å². The summed E-state index contributed by atoms with van der Waals surface area (Å²) in [6.45, 7) is -0.183. The number of aromatic carboxylic acids is 1. The molecule has 0 fully saturated rings. The van der Waals surface area contributed by atoms with E-state index in [-0.39, 0.29) is 17.5 Å². The second-order valence-corrected chi connectivity index (χ2v) is 5.59. The van der Waals surface area contributed by atoms with E-state index in [0.29, 0.717) is 0 Å². The van der Waals surface area contributed by atoms with E-state index >= 15 is 0 Å². The average molecular weight is 327 g/mol. The van der Waals surface area contributed by atoms with Gasteiger partial charge in [-0.15, -0.1) is 0 Å². The Morgan fingerprint density at radius 2 is 2.00 bits per heavy atom. The fourth-order valence-corrected chi connectivity index (χ4v) is 2.61. The molecule has 0 spiro atoms. The number of hydrogen-bond acceptors (Lipinski definition) is 4. The van der Waals surface area contributed by atoms with Gasteiger partial charge in [-0.3, -0.25) is 4.84 Å². The summed E-state index contributed by atoms with van der Waals surface area (Å²) in [6.07, 6.45) is -4.45. The van der Waals surface area contributed by atoms with Crippen LogP contribution in [0, 0.1) is 0 Å². The van der Waals surface area contributed by atoms with Crippen molar-refractivity contribution in [2.45, 2.75) is 24.4 Å². The molecule has 0 atom stereocenters. The van der Waals surface area contributed by atoms with E-state index < -0.39 is 33.7 Å². The van der Waals surface area contributed by atoms with E-state index in [4.69, 9.17) is 5.11 Å². The van der Waals surface area contributed by atoms with Crippen molar-refractivity contribution in [2.24, 2.45) is 0 Å². The molecular weight excluding hydrogens is 315 g/mol. The zero-order valence-corrected chi connectivity index (χ0v) is 11.6. The van der Waals surface area contributed by atoms with Crippen molar-refractivity contribution in [3.63, 3.8) is 0 Å². The summed E-state index contributed by atoms with van der Waals surface area (Å²) in [5, 5.41) is 8.83. The van der Waals surface area contributed by atoms with Crippen molar-refractivity contribution in [3.8, 4) is 0 Å². The van der Waals surface area contributed by atoms with Gasteiger partial charge in [0, 0.05) is 0 Å². The lowest BCUT2D eigenvalue weighted by molar-refractivity contribution is -0.181. The molecule has 0 bridgehead atoms. The molecule has 0 saturated heterocycles. The maximum Gasteiger partial charge on any atom is 0.413 e. The van der Waals surface area contributed by atoms with Crippen LogP contribution < -0.4 is 4.89 Å². The summed E-state index contributed by atoms with van der Waals surface area (Å²) in [6, 6.07) is 3.35. The highest BCUT2D eigenvalue weighted by Crippen LogP contribution is 2.19. The Kier molecular flexibility index (Phi) is 5.31. The number of rotatable bonds is 6. The summed E-state index contributed by atoms with van der Waals surface area (Å²) >= 11 is 0. The Morgan fingerprint density at radius 3 is 2.48 bits per heavy atom. The molecular formula is C11H12F3NO5S. The third-order valence-corrected chi connectivity index (χ3v) is 3.69. The number of benzene rings is 1. The van der Waals surface area contributed by atoms with Crippen molar-refractivity contribution in [1.82, 2.24) is 4.89 Å². The highest BCUT2D eigenvalue weighted by atomic mass is 32.2. The number of aryl methyl sites for hydroxylation is 1. The van der Waals surface area contributed by atoms with E-state index in [0.717, 1.165) is 6.07 Å². The smallest absolute Gasteiger partial charge is 0.413 e. The number of nitrogens with one attached hydrogen (secondary N) is 1. The first-order chi connectivity index (χ1) is 9.57. The van der Waals surface area contributed by atoms with Gasteiger partial charge in [0.05, 0.1) is 10.5 Å². The molecule has 0 aliphatic rings. The van der Waals surface area contributed by atoms with Gasteiger partial charge in [0.15, 0.2) is 6.61 Å². The van der Waals surface area contributed by atoms with E-state index in [2.05, 4.69) is 4.84 Å². The number of carbonyl (C=O) groups is 1. The third-order valence-electron chi connectivity index (χ3n) is 2.39. The second kappa shape index (κ2) is 6.41. The van der Waals surface area contributed by atoms with Crippen LogP contribution in [0.15, 0.2) is 23.1 Å². The van der Waals surface area contributed by atoms with Crippen molar-refractivity contribution in [3.05, 3.63) is 29.3 Å². The molecule has 0 aliphatic heterocycles. The topological polar surface area (TPSA) is 92.7 Å². The van der Waals surface area contributed by atoms with Gasteiger partial charge in [-0.25, -0.2) is 13.2 Å². The Morgan fingerprint density at radius 1 is 1.38 bits per heavy atom. The van der Waals surface area contributed by atoms with Gasteiger partial charge in [0.2, 0.25) is 0 Å². The Labute approximate surface area is 118 Å². The van der Waals surface area contributed by atoms with Crippen LogP contribution >= 0.6 is 0 Å². The third kappa shape index (κ3) is 4.99. The molecule has 1 rings (SSSR count). The lowest BCUT2D eigenvalue weighted by atomic mass is 10.1. The van der Waals surface area contributed by atoms with Crippen molar-refractivity contribution < 1.29 is 36.3 Å². The second-order valence-electron chi connectivity index (χ2n) is 3.97. The minimum atomic E-state index is -4.70. The number of alkyl halides is 3. The molecule has 0 heterocycles. The molecule has 0 radical (unpaired) electrons. The zero-order valence-electron chi connectivity index (χ0n) is 10.8. The highest BCUT2D eigenvalue weighted by Gasteiger charge is 2.29. The predicted octanol–water partition coefficient (Wildman–Crippen LogP) is 1.72. The van der Waals surface area contributed by atoms with Crippen LogP contribution in [0.1, 0.15) is 22.8 Å². The molecule has 0 aliphatic carbocycles. The van der Waals surface area contributed by atoms with Crippen molar-refractivity contribution >= 4 is 16.0 Å². The minimum Gasteiger partial charge on any atom is -0.478 e. The van der Waals surface area contributed by atoms with Gasteiger partial charge in [-0.1, -0.05) is 17.9 Å². The van der Waals surface area contributed by atoms with E-state index in [1.807, 2.05) is 0 Å². The van der Waals surface area contributed by atoms with E-state index in [1.165, 1.54) is 17.0 Å². The molecule has 10 heteroatoms. The summed E-state index contributed by atoms with van der Waals surface area (Å²) in [4.78, 5) is 15.6. The highest BCUT2D eigenvalue weighted by molar-refractivity contribution is 7.89. The molecule has 21 heavy (non-hydrogen) atoms. The quantitative estimate of drug-likeness (QED) is 0.776. The molecule has 1 aromatic carbocycles. The monoisotopic (exact) mass is 327 g/mol. The number of carboxylic acids is 1. The molecule has 0 amide bonds. The normalized spacial score (nSPS) is 12.4. The molecule has 0 saturated carbocycles. The van der Waals surface area contributed by atoms with Crippen LogP contribution in [0.2, 0.25) is 0 Å². The standard InChI is InChI=1S/C11H12F3NO5S/c1-2-7-3-4-8(10(16)17)5-9(7)21(18,19)15-20-6-11(12,13)14/h3-5,15H,2,6H2,1H3,(H,16,17). The van der Waals surface area contributed by atoms with Crippen molar-refractivity contribution in [2.75, 3.05) is 6.61 Å². The number of halogens is 3. The van der Waals surface area contributed by atoms with Crippen LogP contribution in [0.3, 0.4) is 0 Å². The number of hydrogen-bond donors (Lipinski definition) is 2. The first-order valence-electron chi connectivity index (χ1n) is 5.63. The lowest BCUT2D eigenvalue weighted by Crippen LogP contribution is -2.30.